The zero-order valence-corrected chi connectivity index (χ0v) is 9.40. The summed E-state index contributed by atoms with van der Waals surface area (Å²) < 4.78 is 13.4. The third-order valence-corrected chi connectivity index (χ3v) is 2.16. The predicted molar refractivity (Wildman–Crippen MR) is 60.7 cm³/mol. The second-order valence-corrected chi connectivity index (χ2v) is 3.74. The Balaban J connectivity index is 2.63. The number of amides is 1. The van der Waals surface area contributed by atoms with E-state index in [1.807, 2.05) is 0 Å². The number of nitrogens with one attached hydrogen (secondary N) is 1. The number of rotatable bonds is 4. The maximum Gasteiger partial charge on any atom is 0.224 e. The van der Waals surface area contributed by atoms with Gasteiger partial charge in [0.25, 0.3) is 0 Å². The first kappa shape index (κ1) is 13.1. The van der Waals surface area contributed by atoms with Crippen LogP contribution in [0, 0.1) is 17.1 Å². The molecule has 17 heavy (non-hydrogen) atoms. The van der Waals surface area contributed by atoms with Gasteiger partial charge in [-0.15, -0.1) is 0 Å². The van der Waals surface area contributed by atoms with Crippen LogP contribution in [0.2, 0.25) is 0 Å². The molecule has 0 aliphatic carbocycles. The molecule has 1 aromatic carbocycles. The van der Waals surface area contributed by atoms with Crippen LogP contribution in [0.5, 0.6) is 0 Å². The highest BCUT2D eigenvalue weighted by Gasteiger charge is 2.08. The Labute approximate surface area is 98.7 Å². The number of benzene rings is 1. The van der Waals surface area contributed by atoms with E-state index in [9.17, 15) is 9.18 Å². The second-order valence-electron chi connectivity index (χ2n) is 3.74. The molecular formula is C12H13FN2O2. The summed E-state index contributed by atoms with van der Waals surface area (Å²) in [7, 11) is 0. The lowest BCUT2D eigenvalue weighted by Gasteiger charge is -2.07. The molecular weight excluding hydrogens is 223 g/mol. The van der Waals surface area contributed by atoms with Crippen molar-refractivity contribution in [3.05, 3.63) is 29.6 Å². The van der Waals surface area contributed by atoms with Gasteiger partial charge in [-0.05, 0) is 31.5 Å². The van der Waals surface area contributed by atoms with Gasteiger partial charge in [-0.25, -0.2) is 4.39 Å². The van der Waals surface area contributed by atoms with Crippen LogP contribution in [-0.4, -0.2) is 17.1 Å². The fraction of sp³-hybridized carbons (Fsp3) is 0.333. The van der Waals surface area contributed by atoms with Crippen LogP contribution in [-0.2, 0) is 4.79 Å². The summed E-state index contributed by atoms with van der Waals surface area (Å²) in [5.41, 5.74) is 0.240. The summed E-state index contributed by atoms with van der Waals surface area (Å²) >= 11 is 0. The van der Waals surface area contributed by atoms with Crippen molar-refractivity contribution in [2.24, 2.45) is 0 Å². The maximum atomic E-state index is 13.4. The van der Waals surface area contributed by atoms with E-state index in [1.165, 1.54) is 12.1 Å². The molecule has 1 rings (SSSR count). The van der Waals surface area contributed by atoms with Crippen LogP contribution >= 0.6 is 0 Å². The molecule has 0 spiro atoms. The third kappa shape index (κ3) is 4.21. The number of halogens is 1. The lowest BCUT2D eigenvalue weighted by molar-refractivity contribution is -0.116. The molecule has 4 nitrogen and oxygen atoms in total. The van der Waals surface area contributed by atoms with Crippen molar-refractivity contribution < 1.29 is 14.3 Å². The monoisotopic (exact) mass is 236 g/mol. The van der Waals surface area contributed by atoms with Crippen molar-refractivity contribution in [2.75, 3.05) is 5.32 Å². The molecule has 0 aromatic heterocycles. The van der Waals surface area contributed by atoms with Crippen LogP contribution in [0.3, 0.4) is 0 Å². The Morgan fingerprint density at radius 3 is 2.88 bits per heavy atom. The summed E-state index contributed by atoms with van der Waals surface area (Å²) in [6.45, 7) is 1.58. The molecule has 90 valence electrons. The van der Waals surface area contributed by atoms with Gasteiger partial charge in [-0.3, -0.25) is 4.79 Å². The van der Waals surface area contributed by atoms with Crippen LogP contribution in [0.4, 0.5) is 10.1 Å². The maximum absolute atomic E-state index is 13.4. The predicted octanol–water partition coefficient (Wildman–Crippen LogP) is 1.80. The number of hydrogen-bond donors (Lipinski definition) is 2. The van der Waals surface area contributed by atoms with E-state index in [2.05, 4.69) is 5.32 Å². The Kier molecular flexibility index (Phi) is 4.61. The molecule has 0 fully saturated rings. The smallest absolute Gasteiger partial charge is 0.224 e. The zero-order chi connectivity index (χ0) is 12.8. The summed E-state index contributed by atoms with van der Waals surface area (Å²) in [6.07, 6.45) is -0.118. The van der Waals surface area contributed by atoms with E-state index in [0.717, 1.165) is 6.07 Å². The van der Waals surface area contributed by atoms with E-state index in [-0.39, 0.29) is 23.6 Å². The molecule has 0 bridgehead atoms. The van der Waals surface area contributed by atoms with Crippen LogP contribution in [0.15, 0.2) is 18.2 Å². The normalized spacial score (nSPS) is 11.6. The summed E-state index contributed by atoms with van der Waals surface area (Å²) in [5.74, 6) is -1.01. The SMILES string of the molecule is CC(O)CCC(=O)Nc1ccc(C#N)cc1F. The molecule has 1 aromatic rings. The van der Waals surface area contributed by atoms with Gasteiger partial charge < -0.3 is 10.4 Å². The highest BCUT2D eigenvalue weighted by Crippen LogP contribution is 2.15. The summed E-state index contributed by atoms with van der Waals surface area (Å²) in [5, 5.41) is 19.9. The van der Waals surface area contributed by atoms with Gasteiger partial charge in [-0.1, -0.05) is 0 Å². The minimum atomic E-state index is -0.644. The molecule has 1 unspecified atom stereocenters. The second kappa shape index (κ2) is 5.97. The molecule has 1 amide bonds. The molecule has 0 saturated heterocycles. The fourth-order valence-corrected chi connectivity index (χ4v) is 1.24. The van der Waals surface area contributed by atoms with Crippen LogP contribution < -0.4 is 5.32 Å². The first-order chi connectivity index (χ1) is 8.02. The number of hydrogen-bond acceptors (Lipinski definition) is 3. The van der Waals surface area contributed by atoms with Crippen molar-refractivity contribution >= 4 is 11.6 Å². The first-order valence-electron chi connectivity index (χ1n) is 5.20. The quantitative estimate of drug-likeness (QED) is 0.837. The highest BCUT2D eigenvalue weighted by molar-refractivity contribution is 5.90. The van der Waals surface area contributed by atoms with E-state index >= 15 is 0 Å². The average molecular weight is 236 g/mol. The lowest BCUT2D eigenvalue weighted by atomic mass is 10.2. The van der Waals surface area contributed by atoms with Gasteiger partial charge in [-0.2, -0.15) is 5.26 Å². The van der Waals surface area contributed by atoms with Crippen molar-refractivity contribution in [3.8, 4) is 6.07 Å². The highest BCUT2D eigenvalue weighted by atomic mass is 19.1. The number of carbonyl (C=O) groups is 1. The number of aliphatic hydroxyl groups excluding tert-OH is 1. The Hall–Kier alpha value is -1.93. The standard InChI is InChI=1S/C12H13FN2O2/c1-8(16)2-5-12(17)15-11-4-3-9(7-14)6-10(11)13/h3-4,6,8,16H,2,5H2,1H3,(H,15,17). The number of nitriles is 1. The van der Waals surface area contributed by atoms with Crippen LogP contribution in [0.25, 0.3) is 0 Å². The molecule has 0 radical (unpaired) electrons. The Morgan fingerprint density at radius 1 is 1.65 bits per heavy atom. The van der Waals surface area contributed by atoms with Gasteiger partial charge in [0.1, 0.15) is 5.82 Å². The Morgan fingerprint density at radius 2 is 2.35 bits per heavy atom. The largest absolute Gasteiger partial charge is 0.393 e. The first-order valence-corrected chi connectivity index (χ1v) is 5.20. The minimum Gasteiger partial charge on any atom is -0.393 e. The minimum absolute atomic E-state index is 0.0413. The van der Waals surface area contributed by atoms with Crippen molar-refractivity contribution in [1.29, 1.82) is 5.26 Å². The third-order valence-electron chi connectivity index (χ3n) is 2.16. The van der Waals surface area contributed by atoms with E-state index < -0.39 is 11.9 Å². The van der Waals surface area contributed by atoms with Gasteiger partial charge in [0, 0.05) is 6.42 Å². The van der Waals surface area contributed by atoms with Crippen molar-refractivity contribution in [3.63, 3.8) is 0 Å². The van der Waals surface area contributed by atoms with E-state index in [0.29, 0.717) is 6.42 Å². The number of carbonyl (C=O) groups excluding carboxylic acids is 1. The number of anilines is 1. The van der Waals surface area contributed by atoms with E-state index in [4.69, 9.17) is 10.4 Å². The topological polar surface area (TPSA) is 73.1 Å². The molecule has 0 saturated carbocycles. The van der Waals surface area contributed by atoms with Crippen molar-refractivity contribution in [1.82, 2.24) is 0 Å². The Bertz CT molecular complexity index is 452. The summed E-state index contributed by atoms with van der Waals surface area (Å²) in [4.78, 5) is 11.4. The number of aliphatic hydroxyl groups is 1. The molecule has 5 heteroatoms. The van der Waals surface area contributed by atoms with Crippen LogP contribution in [0.1, 0.15) is 25.3 Å². The number of nitrogens with zero attached hydrogens (tertiary/aromatic N) is 1. The summed E-state index contributed by atoms with van der Waals surface area (Å²) in [6, 6.07) is 5.63. The van der Waals surface area contributed by atoms with E-state index in [1.54, 1.807) is 13.0 Å². The van der Waals surface area contributed by atoms with Gasteiger partial charge >= 0.3 is 0 Å². The van der Waals surface area contributed by atoms with Crippen molar-refractivity contribution in [2.45, 2.75) is 25.9 Å². The lowest BCUT2D eigenvalue weighted by Crippen LogP contribution is -2.14. The van der Waals surface area contributed by atoms with Gasteiger partial charge in [0.05, 0.1) is 23.4 Å². The molecule has 0 aliphatic heterocycles. The fourth-order valence-electron chi connectivity index (χ4n) is 1.24. The molecule has 2 N–H and O–H groups in total. The molecule has 0 heterocycles. The molecule has 1 atom stereocenters. The van der Waals surface area contributed by atoms with Gasteiger partial charge in [0.2, 0.25) is 5.91 Å². The zero-order valence-electron chi connectivity index (χ0n) is 9.40. The average Bonchev–Trinajstić information content (AvgIpc) is 2.29. The van der Waals surface area contributed by atoms with Gasteiger partial charge in [0.15, 0.2) is 0 Å². The molecule has 0 aliphatic rings.